The molecule has 0 radical (unpaired) electrons. The van der Waals surface area contributed by atoms with E-state index in [9.17, 15) is 9.90 Å². The molecule has 0 bridgehead atoms. The SMILES string of the molecule is CNCCc1ccccc1C(=O)NCC1(O)CCOC1. The van der Waals surface area contributed by atoms with Crippen LogP contribution >= 0.6 is 0 Å². The third-order valence-electron chi connectivity index (χ3n) is 3.57. The van der Waals surface area contributed by atoms with Crippen LogP contribution in [0.3, 0.4) is 0 Å². The Hall–Kier alpha value is -1.43. The number of amides is 1. The molecule has 5 nitrogen and oxygen atoms in total. The highest BCUT2D eigenvalue weighted by molar-refractivity contribution is 5.95. The van der Waals surface area contributed by atoms with E-state index in [0.717, 1.165) is 18.5 Å². The first kappa shape index (κ1) is 15.0. The molecule has 1 aromatic rings. The summed E-state index contributed by atoms with van der Waals surface area (Å²) >= 11 is 0. The molecule has 1 fully saturated rings. The van der Waals surface area contributed by atoms with Crippen LogP contribution in [0.4, 0.5) is 0 Å². The van der Waals surface area contributed by atoms with Gasteiger partial charge in [-0.1, -0.05) is 18.2 Å². The van der Waals surface area contributed by atoms with E-state index in [-0.39, 0.29) is 19.1 Å². The Labute approximate surface area is 119 Å². The van der Waals surface area contributed by atoms with Crippen molar-refractivity contribution in [2.45, 2.75) is 18.4 Å². The minimum atomic E-state index is -0.921. The molecule has 1 unspecified atom stereocenters. The van der Waals surface area contributed by atoms with Crippen molar-refractivity contribution >= 4 is 5.91 Å². The molecule has 1 heterocycles. The van der Waals surface area contributed by atoms with Gasteiger partial charge in [-0.25, -0.2) is 0 Å². The summed E-state index contributed by atoms with van der Waals surface area (Å²) in [6.07, 6.45) is 1.36. The lowest BCUT2D eigenvalue weighted by molar-refractivity contribution is 0.0264. The van der Waals surface area contributed by atoms with E-state index in [0.29, 0.717) is 18.6 Å². The average Bonchev–Trinajstić information content (AvgIpc) is 2.90. The minimum Gasteiger partial charge on any atom is -0.386 e. The van der Waals surface area contributed by atoms with E-state index in [4.69, 9.17) is 4.74 Å². The van der Waals surface area contributed by atoms with Crippen molar-refractivity contribution in [1.29, 1.82) is 0 Å². The zero-order valence-corrected chi connectivity index (χ0v) is 11.8. The standard InChI is InChI=1S/C15H22N2O3/c1-16-8-6-12-4-2-3-5-13(12)14(18)17-10-15(19)7-9-20-11-15/h2-5,16,19H,6-11H2,1H3,(H,17,18). The van der Waals surface area contributed by atoms with Gasteiger partial charge in [0, 0.05) is 25.1 Å². The van der Waals surface area contributed by atoms with Crippen molar-refractivity contribution in [3.8, 4) is 0 Å². The van der Waals surface area contributed by atoms with Gasteiger partial charge in [0.25, 0.3) is 5.91 Å². The number of benzene rings is 1. The molecule has 3 N–H and O–H groups in total. The number of carbonyl (C=O) groups is 1. The van der Waals surface area contributed by atoms with Gasteiger partial charge in [-0.2, -0.15) is 0 Å². The molecule has 0 aromatic heterocycles. The van der Waals surface area contributed by atoms with Gasteiger partial charge in [-0.05, 0) is 31.6 Å². The molecule has 1 aromatic carbocycles. The quantitative estimate of drug-likeness (QED) is 0.701. The van der Waals surface area contributed by atoms with E-state index in [1.807, 2.05) is 31.3 Å². The van der Waals surface area contributed by atoms with Crippen molar-refractivity contribution < 1.29 is 14.6 Å². The molecule has 0 saturated carbocycles. The Morgan fingerprint density at radius 3 is 2.95 bits per heavy atom. The van der Waals surface area contributed by atoms with Crippen LogP contribution in [0, 0.1) is 0 Å². The van der Waals surface area contributed by atoms with Gasteiger partial charge in [0.1, 0.15) is 5.60 Å². The first-order valence-electron chi connectivity index (χ1n) is 6.95. The van der Waals surface area contributed by atoms with E-state index in [1.54, 1.807) is 0 Å². The van der Waals surface area contributed by atoms with Gasteiger partial charge in [0.15, 0.2) is 0 Å². The van der Waals surface area contributed by atoms with Crippen LogP contribution in [-0.2, 0) is 11.2 Å². The molecule has 0 spiro atoms. The fourth-order valence-corrected chi connectivity index (χ4v) is 2.30. The number of hydrogen-bond donors (Lipinski definition) is 3. The third-order valence-corrected chi connectivity index (χ3v) is 3.57. The summed E-state index contributed by atoms with van der Waals surface area (Å²) in [6, 6.07) is 7.56. The smallest absolute Gasteiger partial charge is 0.251 e. The van der Waals surface area contributed by atoms with Crippen LogP contribution in [0.5, 0.6) is 0 Å². The summed E-state index contributed by atoms with van der Waals surface area (Å²) in [4.78, 5) is 12.2. The van der Waals surface area contributed by atoms with Crippen LogP contribution < -0.4 is 10.6 Å². The van der Waals surface area contributed by atoms with Crippen molar-refractivity contribution in [2.24, 2.45) is 0 Å². The molecular weight excluding hydrogens is 256 g/mol. The van der Waals surface area contributed by atoms with E-state index in [2.05, 4.69) is 10.6 Å². The molecule has 1 aliphatic heterocycles. The fraction of sp³-hybridized carbons (Fsp3) is 0.533. The van der Waals surface area contributed by atoms with E-state index < -0.39 is 5.60 Å². The zero-order chi connectivity index (χ0) is 14.4. The number of nitrogens with one attached hydrogen (secondary N) is 2. The first-order chi connectivity index (χ1) is 9.64. The number of likely N-dealkylation sites (N-methyl/N-ethyl adjacent to an activating group) is 1. The second-order valence-corrected chi connectivity index (χ2v) is 5.22. The molecule has 1 atom stereocenters. The topological polar surface area (TPSA) is 70.6 Å². The van der Waals surface area contributed by atoms with Gasteiger partial charge in [0.2, 0.25) is 0 Å². The predicted molar refractivity (Wildman–Crippen MR) is 76.8 cm³/mol. The van der Waals surface area contributed by atoms with Crippen molar-refractivity contribution in [3.05, 3.63) is 35.4 Å². The van der Waals surface area contributed by atoms with Gasteiger partial charge in [-0.15, -0.1) is 0 Å². The van der Waals surface area contributed by atoms with Gasteiger partial charge in [-0.3, -0.25) is 4.79 Å². The molecule has 1 saturated heterocycles. The molecule has 0 aliphatic carbocycles. The zero-order valence-electron chi connectivity index (χ0n) is 11.8. The fourth-order valence-electron chi connectivity index (χ4n) is 2.30. The van der Waals surface area contributed by atoms with Crippen LogP contribution in [0.1, 0.15) is 22.3 Å². The molecular formula is C15H22N2O3. The number of carbonyl (C=O) groups excluding carboxylic acids is 1. The van der Waals surface area contributed by atoms with Crippen molar-refractivity contribution in [1.82, 2.24) is 10.6 Å². The van der Waals surface area contributed by atoms with Crippen molar-refractivity contribution in [2.75, 3.05) is 33.4 Å². The molecule has 1 aliphatic rings. The van der Waals surface area contributed by atoms with Gasteiger partial charge in [0.05, 0.1) is 6.61 Å². The number of rotatable bonds is 6. The number of aliphatic hydroxyl groups is 1. The number of ether oxygens (including phenoxy) is 1. The lowest BCUT2D eigenvalue weighted by Gasteiger charge is -2.21. The van der Waals surface area contributed by atoms with Gasteiger partial charge >= 0.3 is 0 Å². The third kappa shape index (κ3) is 3.79. The van der Waals surface area contributed by atoms with Gasteiger partial charge < -0.3 is 20.5 Å². The maximum Gasteiger partial charge on any atom is 0.251 e. The highest BCUT2D eigenvalue weighted by Crippen LogP contribution is 2.17. The predicted octanol–water partition coefficient (Wildman–Crippen LogP) is 0.330. The molecule has 20 heavy (non-hydrogen) atoms. The van der Waals surface area contributed by atoms with Crippen LogP contribution in [0.15, 0.2) is 24.3 Å². The maximum absolute atomic E-state index is 12.2. The molecule has 5 heteroatoms. The van der Waals surface area contributed by atoms with Crippen LogP contribution in [0.25, 0.3) is 0 Å². The Morgan fingerprint density at radius 1 is 1.45 bits per heavy atom. The minimum absolute atomic E-state index is 0.142. The highest BCUT2D eigenvalue weighted by atomic mass is 16.5. The average molecular weight is 278 g/mol. The van der Waals surface area contributed by atoms with E-state index >= 15 is 0 Å². The van der Waals surface area contributed by atoms with E-state index in [1.165, 1.54) is 0 Å². The second-order valence-electron chi connectivity index (χ2n) is 5.22. The largest absolute Gasteiger partial charge is 0.386 e. The monoisotopic (exact) mass is 278 g/mol. The second kappa shape index (κ2) is 6.83. The molecule has 110 valence electrons. The Balaban J connectivity index is 1.98. The lowest BCUT2D eigenvalue weighted by atomic mass is 10.0. The van der Waals surface area contributed by atoms with Crippen LogP contribution in [-0.4, -0.2) is 50.0 Å². The summed E-state index contributed by atoms with van der Waals surface area (Å²) in [5.41, 5.74) is 0.759. The summed E-state index contributed by atoms with van der Waals surface area (Å²) in [6.45, 7) is 1.88. The summed E-state index contributed by atoms with van der Waals surface area (Å²) in [7, 11) is 1.89. The summed E-state index contributed by atoms with van der Waals surface area (Å²) in [5.74, 6) is -0.142. The lowest BCUT2D eigenvalue weighted by Crippen LogP contribution is -2.43. The van der Waals surface area contributed by atoms with Crippen molar-refractivity contribution in [3.63, 3.8) is 0 Å². The summed E-state index contributed by atoms with van der Waals surface area (Å²) in [5, 5.41) is 16.0. The normalized spacial score (nSPS) is 21.9. The van der Waals surface area contributed by atoms with Crippen LogP contribution in [0.2, 0.25) is 0 Å². The summed E-state index contributed by atoms with van der Waals surface area (Å²) < 4.78 is 5.17. The Kier molecular flexibility index (Phi) is 5.11. The molecule has 2 rings (SSSR count). The number of hydrogen-bond acceptors (Lipinski definition) is 4. The first-order valence-corrected chi connectivity index (χ1v) is 6.95. The maximum atomic E-state index is 12.2. The Morgan fingerprint density at radius 2 is 2.25 bits per heavy atom. The highest BCUT2D eigenvalue weighted by Gasteiger charge is 2.32. The Bertz CT molecular complexity index is 456. The molecule has 1 amide bonds.